The van der Waals surface area contributed by atoms with E-state index in [0.717, 1.165) is 13.0 Å². The van der Waals surface area contributed by atoms with Crippen LogP contribution in [-0.4, -0.2) is 22.4 Å². The summed E-state index contributed by atoms with van der Waals surface area (Å²) in [6, 6.07) is 0.673. The minimum absolute atomic E-state index is 0.673. The summed E-state index contributed by atoms with van der Waals surface area (Å²) in [5.41, 5.74) is 1.31. The van der Waals surface area contributed by atoms with E-state index in [-0.39, 0.29) is 0 Å². The minimum atomic E-state index is 0.673. The average molecular weight is 191 g/mol. The molecular weight excluding hydrogens is 174 g/mol. The lowest BCUT2D eigenvalue weighted by Crippen LogP contribution is -2.28. The van der Waals surface area contributed by atoms with E-state index in [1.165, 1.54) is 18.4 Å². The lowest BCUT2D eigenvalue weighted by Gasteiger charge is -2.10. The Kier molecular flexibility index (Phi) is 2.99. The second kappa shape index (κ2) is 4.42. The second-order valence-corrected chi connectivity index (χ2v) is 3.87. The van der Waals surface area contributed by atoms with Crippen LogP contribution in [0.15, 0.2) is 24.5 Å². The summed E-state index contributed by atoms with van der Waals surface area (Å²) < 4.78 is 1.85. The number of aryl methyl sites for hydroxylation is 1. The molecular formula is C11H17N3. The molecule has 3 heteroatoms. The molecule has 0 saturated heterocycles. The molecule has 0 spiro atoms. The number of rotatable bonds is 4. The molecule has 14 heavy (non-hydrogen) atoms. The molecule has 0 amide bonds. The number of hydrogen-bond acceptors (Lipinski definition) is 2. The summed E-state index contributed by atoms with van der Waals surface area (Å²) >= 11 is 0. The fourth-order valence-electron chi connectivity index (χ4n) is 1.81. The van der Waals surface area contributed by atoms with Crippen LogP contribution in [0.3, 0.4) is 0 Å². The van der Waals surface area contributed by atoms with Crippen molar-refractivity contribution in [3.63, 3.8) is 0 Å². The van der Waals surface area contributed by atoms with Crippen molar-refractivity contribution >= 4 is 0 Å². The SMILES string of the molecule is Cn1cc(CCNC2CC=CC2)cn1. The van der Waals surface area contributed by atoms with Gasteiger partial charge in [-0.2, -0.15) is 5.10 Å². The van der Waals surface area contributed by atoms with Crippen LogP contribution in [0.5, 0.6) is 0 Å². The van der Waals surface area contributed by atoms with Gasteiger partial charge in [0.2, 0.25) is 0 Å². The van der Waals surface area contributed by atoms with Gasteiger partial charge >= 0.3 is 0 Å². The second-order valence-electron chi connectivity index (χ2n) is 3.87. The van der Waals surface area contributed by atoms with Gasteiger partial charge in [0.05, 0.1) is 6.20 Å². The molecule has 0 fully saturated rings. The Labute approximate surface area is 84.8 Å². The third-order valence-electron chi connectivity index (χ3n) is 2.61. The van der Waals surface area contributed by atoms with E-state index in [0.29, 0.717) is 6.04 Å². The van der Waals surface area contributed by atoms with E-state index in [9.17, 15) is 0 Å². The number of hydrogen-bond donors (Lipinski definition) is 1. The Hall–Kier alpha value is -1.09. The first-order chi connectivity index (χ1) is 6.84. The van der Waals surface area contributed by atoms with Crippen LogP contribution in [0.2, 0.25) is 0 Å². The summed E-state index contributed by atoms with van der Waals surface area (Å²) in [6.07, 6.45) is 12.0. The average Bonchev–Trinajstić information content (AvgIpc) is 2.77. The fraction of sp³-hybridized carbons (Fsp3) is 0.545. The first-order valence-electron chi connectivity index (χ1n) is 5.20. The molecule has 0 aliphatic heterocycles. The zero-order chi connectivity index (χ0) is 9.80. The molecule has 2 rings (SSSR count). The van der Waals surface area contributed by atoms with Gasteiger partial charge in [0.15, 0.2) is 0 Å². The number of aromatic nitrogens is 2. The maximum absolute atomic E-state index is 4.14. The van der Waals surface area contributed by atoms with Gasteiger partial charge in [-0.15, -0.1) is 0 Å². The normalized spacial score (nSPS) is 16.6. The molecule has 0 aromatic carbocycles. The molecule has 1 aromatic rings. The summed E-state index contributed by atoms with van der Waals surface area (Å²) in [6.45, 7) is 1.05. The smallest absolute Gasteiger partial charge is 0.0522 e. The van der Waals surface area contributed by atoms with Gasteiger partial charge in [-0.1, -0.05) is 12.2 Å². The largest absolute Gasteiger partial charge is 0.313 e. The lowest BCUT2D eigenvalue weighted by atomic mass is 10.2. The third-order valence-corrected chi connectivity index (χ3v) is 2.61. The van der Waals surface area contributed by atoms with Crippen LogP contribution in [-0.2, 0) is 13.5 Å². The van der Waals surface area contributed by atoms with E-state index in [1.807, 2.05) is 17.9 Å². The standard InChI is InChI=1S/C11H17N3/c1-14-9-10(8-13-14)6-7-12-11-4-2-3-5-11/h2-3,8-9,11-12H,4-7H2,1H3. The van der Waals surface area contributed by atoms with Gasteiger partial charge in [-0.25, -0.2) is 0 Å². The van der Waals surface area contributed by atoms with Crippen molar-refractivity contribution in [2.24, 2.45) is 7.05 Å². The molecule has 1 heterocycles. The highest BCUT2D eigenvalue weighted by Gasteiger charge is 2.08. The van der Waals surface area contributed by atoms with Gasteiger partial charge in [0.1, 0.15) is 0 Å². The molecule has 1 aliphatic rings. The van der Waals surface area contributed by atoms with Crippen LogP contribution < -0.4 is 5.32 Å². The van der Waals surface area contributed by atoms with Crippen molar-refractivity contribution < 1.29 is 0 Å². The van der Waals surface area contributed by atoms with Crippen LogP contribution in [0, 0.1) is 0 Å². The van der Waals surface area contributed by atoms with E-state index in [2.05, 4.69) is 28.8 Å². The highest BCUT2D eigenvalue weighted by Crippen LogP contribution is 2.08. The molecule has 1 N–H and O–H groups in total. The maximum Gasteiger partial charge on any atom is 0.0522 e. The maximum atomic E-state index is 4.14. The van der Waals surface area contributed by atoms with Gasteiger partial charge in [0.25, 0.3) is 0 Å². The Morgan fingerprint density at radius 2 is 2.29 bits per heavy atom. The minimum Gasteiger partial charge on any atom is -0.313 e. The highest BCUT2D eigenvalue weighted by molar-refractivity contribution is 5.04. The summed E-state index contributed by atoms with van der Waals surface area (Å²) in [4.78, 5) is 0. The van der Waals surface area contributed by atoms with Crippen molar-refractivity contribution in [2.75, 3.05) is 6.54 Å². The predicted molar refractivity (Wildman–Crippen MR) is 57.1 cm³/mol. The topological polar surface area (TPSA) is 29.9 Å². The summed E-state index contributed by atoms with van der Waals surface area (Å²) in [7, 11) is 1.96. The van der Waals surface area contributed by atoms with Gasteiger partial charge in [0, 0.05) is 19.3 Å². The first-order valence-corrected chi connectivity index (χ1v) is 5.20. The van der Waals surface area contributed by atoms with Gasteiger partial charge < -0.3 is 5.32 Å². The number of nitrogens with one attached hydrogen (secondary N) is 1. The quantitative estimate of drug-likeness (QED) is 0.726. The molecule has 0 bridgehead atoms. The van der Waals surface area contributed by atoms with E-state index in [1.54, 1.807) is 0 Å². The molecule has 0 atom stereocenters. The van der Waals surface area contributed by atoms with E-state index < -0.39 is 0 Å². The van der Waals surface area contributed by atoms with Crippen LogP contribution in [0.1, 0.15) is 18.4 Å². The molecule has 0 unspecified atom stereocenters. The summed E-state index contributed by atoms with van der Waals surface area (Å²) in [5, 5.41) is 7.68. The monoisotopic (exact) mass is 191 g/mol. The summed E-state index contributed by atoms with van der Waals surface area (Å²) in [5.74, 6) is 0. The lowest BCUT2D eigenvalue weighted by molar-refractivity contribution is 0.541. The Balaban J connectivity index is 1.67. The fourth-order valence-corrected chi connectivity index (χ4v) is 1.81. The molecule has 3 nitrogen and oxygen atoms in total. The van der Waals surface area contributed by atoms with E-state index >= 15 is 0 Å². The Bertz CT molecular complexity index is 306. The molecule has 1 aromatic heterocycles. The molecule has 1 aliphatic carbocycles. The molecule has 0 saturated carbocycles. The predicted octanol–water partition coefficient (Wildman–Crippen LogP) is 1.27. The van der Waals surface area contributed by atoms with Gasteiger partial charge in [-0.3, -0.25) is 4.68 Å². The van der Waals surface area contributed by atoms with Crippen molar-refractivity contribution in [2.45, 2.75) is 25.3 Å². The highest BCUT2D eigenvalue weighted by atomic mass is 15.2. The first kappa shape index (κ1) is 9.46. The van der Waals surface area contributed by atoms with Crippen LogP contribution in [0.4, 0.5) is 0 Å². The van der Waals surface area contributed by atoms with Gasteiger partial charge in [-0.05, 0) is 31.4 Å². The van der Waals surface area contributed by atoms with Crippen molar-refractivity contribution in [3.05, 3.63) is 30.1 Å². The Morgan fingerprint density at radius 1 is 1.50 bits per heavy atom. The number of nitrogens with zero attached hydrogens (tertiary/aromatic N) is 2. The van der Waals surface area contributed by atoms with Crippen LogP contribution in [0.25, 0.3) is 0 Å². The Morgan fingerprint density at radius 3 is 2.93 bits per heavy atom. The molecule has 76 valence electrons. The zero-order valence-electron chi connectivity index (χ0n) is 8.61. The molecule has 0 radical (unpaired) electrons. The van der Waals surface area contributed by atoms with Crippen LogP contribution >= 0.6 is 0 Å². The zero-order valence-corrected chi connectivity index (χ0v) is 8.61. The van der Waals surface area contributed by atoms with E-state index in [4.69, 9.17) is 0 Å². The van der Waals surface area contributed by atoms with Crippen molar-refractivity contribution in [1.82, 2.24) is 15.1 Å². The third kappa shape index (κ3) is 2.45. The van der Waals surface area contributed by atoms with Crippen molar-refractivity contribution in [3.8, 4) is 0 Å². The van der Waals surface area contributed by atoms with Crippen molar-refractivity contribution in [1.29, 1.82) is 0 Å².